The molecular formula is C39H56N2. The van der Waals surface area contributed by atoms with Crippen molar-refractivity contribution < 1.29 is 0 Å². The summed E-state index contributed by atoms with van der Waals surface area (Å²) in [6, 6.07) is 29.2. The van der Waals surface area contributed by atoms with E-state index in [2.05, 4.69) is 144 Å². The fraction of sp³-hybridized carbons (Fsp3) is 0.538. The Hall–Kier alpha value is -2.42. The maximum Gasteiger partial charge on any atom is 0.0471 e. The molecule has 0 aliphatic carbocycles. The van der Waals surface area contributed by atoms with Crippen LogP contribution in [0.3, 0.4) is 0 Å². The van der Waals surface area contributed by atoms with Gasteiger partial charge in [0.2, 0.25) is 0 Å². The second-order valence-electron chi connectivity index (χ2n) is 12.3. The lowest BCUT2D eigenvalue weighted by molar-refractivity contribution is -0.0233. The predicted octanol–water partition coefficient (Wildman–Crippen LogP) is 10.6. The van der Waals surface area contributed by atoms with Crippen LogP contribution in [0.1, 0.15) is 135 Å². The maximum atomic E-state index is 3.98. The predicted molar refractivity (Wildman–Crippen MR) is 177 cm³/mol. The standard InChI is InChI=1S/C23H31N.C16H25N/c1-5-22(6-2)20-16-12-13-17-21(20)23(7-3,8-4)24(22)18-19-14-10-9-11-15-19;1-5-15(6-2)13-11-9-10-12-14(13)16(7-3,8-4)17-15/h9-17H,5-8,18H2,1-4H3;9-12,17H,5-8H2,1-4H3. The Labute approximate surface area is 252 Å². The average Bonchev–Trinajstić information content (AvgIpc) is 3.47. The van der Waals surface area contributed by atoms with Crippen molar-refractivity contribution in [2.75, 3.05) is 0 Å². The van der Waals surface area contributed by atoms with Crippen molar-refractivity contribution in [2.24, 2.45) is 0 Å². The molecule has 0 radical (unpaired) electrons. The van der Waals surface area contributed by atoms with Crippen molar-refractivity contribution >= 4 is 0 Å². The van der Waals surface area contributed by atoms with Crippen LogP contribution in [0.2, 0.25) is 0 Å². The number of fused-ring (bicyclic) bond motifs is 2. The number of nitrogens with zero attached hydrogens (tertiary/aromatic N) is 1. The van der Waals surface area contributed by atoms with E-state index in [1.54, 1.807) is 11.1 Å². The van der Waals surface area contributed by atoms with Crippen LogP contribution in [-0.2, 0) is 28.7 Å². The molecule has 0 saturated carbocycles. The van der Waals surface area contributed by atoms with Crippen LogP contribution in [-0.4, -0.2) is 4.90 Å². The van der Waals surface area contributed by atoms with E-state index >= 15 is 0 Å². The van der Waals surface area contributed by atoms with Crippen molar-refractivity contribution in [1.82, 2.24) is 10.2 Å². The Morgan fingerprint density at radius 2 is 0.780 bits per heavy atom. The summed E-state index contributed by atoms with van der Waals surface area (Å²) >= 11 is 0. The van der Waals surface area contributed by atoms with Gasteiger partial charge in [0.15, 0.2) is 0 Å². The molecule has 0 fully saturated rings. The molecule has 0 aromatic heterocycles. The van der Waals surface area contributed by atoms with E-state index < -0.39 is 0 Å². The Kier molecular flexibility index (Phi) is 9.87. The van der Waals surface area contributed by atoms with E-state index in [1.807, 2.05) is 0 Å². The summed E-state index contributed by atoms with van der Waals surface area (Å²) in [6.07, 6.45) is 9.32. The molecule has 2 heteroatoms. The van der Waals surface area contributed by atoms with E-state index in [-0.39, 0.29) is 22.2 Å². The van der Waals surface area contributed by atoms with Crippen molar-refractivity contribution in [3.63, 3.8) is 0 Å². The van der Waals surface area contributed by atoms with Gasteiger partial charge in [-0.15, -0.1) is 0 Å². The van der Waals surface area contributed by atoms with Crippen LogP contribution in [0, 0.1) is 0 Å². The van der Waals surface area contributed by atoms with Crippen LogP contribution in [0.25, 0.3) is 0 Å². The van der Waals surface area contributed by atoms with E-state index in [4.69, 9.17) is 0 Å². The second-order valence-corrected chi connectivity index (χ2v) is 12.3. The lowest BCUT2D eigenvalue weighted by Gasteiger charge is -2.47. The minimum Gasteiger partial charge on any atom is -0.298 e. The first-order valence-corrected chi connectivity index (χ1v) is 16.7. The molecule has 0 saturated heterocycles. The largest absolute Gasteiger partial charge is 0.298 e. The molecule has 2 nitrogen and oxygen atoms in total. The zero-order valence-corrected chi connectivity index (χ0v) is 27.3. The quantitative estimate of drug-likeness (QED) is 0.269. The lowest BCUT2D eigenvalue weighted by atomic mass is 9.83. The van der Waals surface area contributed by atoms with Crippen LogP contribution < -0.4 is 5.32 Å². The van der Waals surface area contributed by atoms with Gasteiger partial charge in [-0.05, 0) is 79.2 Å². The fourth-order valence-electron chi connectivity index (χ4n) is 8.61. The molecule has 0 unspecified atom stereocenters. The van der Waals surface area contributed by atoms with E-state index in [0.717, 1.165) is 32.2 Å². The van der Waals surface area contributed by atoms with Crippen LogP contribution in [0.15, 0.2) is 78.9 Å². The highest BCUT2D eigenvalue weighted by atomic mass is 15.3. The summed E-state index contributed by atoms with van der Waals surface area (Å²) in [7, 11) is 0. The molecule has 5 rings (SSSR count). The summed E-state index contributed by atoms with van der Waals surface area (Å²) in [5, 5.41) is 3.98. The van der Waals surface area contributed by atoms with Crippen molar-refractivity contribution in [3.8, 4) is 0 Å². The highest BCUT2D eigenvalue weighted by Gasteiger charge is 2.54. The zero-order chi connectivity index (χ0) is 29.7. The Morgan fingerprint density at radius 1 is 0.439 bits per heavy atom. The molecule has 0 spiro atoms. The third kappa shape index (κ3) is 5.00. The average molecular weight is 553 g/mol. The normalized spacial score (nSPS) is 19.2. The van der Waals surface area contributed by atoms with Gasteiger partial charge in [-0.2, -0.15) is 0 Å². The fourth-order valence-corrected chi connectivity index (χ4v) is 8.61. The van der Waals surface area contributed by atoms with Gasteiger partial charge in [0.05, 0.1) is 0 Å². The van der Waals surface area contributed by atoms with Crippen molar-refractivity contribution in [1.29, 1.82) is 0 Å². The van der Waals surface area contributed by atoms with Gasteiger partial charge in [-0.25, -0.2) is 0 Å². The molecule has 2 aliphatic heterocycles. The maximum absolute atomic E-state index is 3.98. The number of hydrogen-bond acceptors (Lipinski definition) is 2. The second kappa shape index (κ2) is 12.8. The minimum atomic E-state index is 0.151. The molecule has 2 heterocycles. The molecule has 41 heavy (non-hydrogen) atoms. The lowest BCUT2D eigenvalue weighted by Crippen LogP contribution is -2.49. The summed E-state index contributed by atoms with van der Waals surface area (Å²) < 4.78 is 0. The topological polar surface area (TPSA) is 15.3 Å². The third-order valence-corrected chi connectivity index (χ3v) is 11.3. The first kappa shape index (κ1) is 31.5. The number of benzene rings is 3. The number of nitrogens with one attached hydrogen (secondary N) is 1. The van der Waals surface area contributed by atoms with Gasteiger partial charge < -0.3 is 0 Å². The minimum absolute atomic E-state index is 0.151. The third-order valence-electron chi connectivity index (χ3n) is 11.3. The van der Waals surface area contributed by atoms with Crippen LogP contribution in [0.4, 0.5) is 0 Å². The number of rotatable bonds is 10. The van der Waals surface area contributed by atoms with E-state index in [1.165, 1.54) is 42.4 Å². The smallest absolute Gasteiger partial charge is 0.0471 e. The van der Waals surface area contributed by atoms with Gasteiger partial charge in [0, 0.05) is 28.7 Å². The van der Waals surface area contributed by atoms with Crippen LogP contribution >= 0.6 is 0 Å². The molecule has 0 atom stereocenters. The molecule has 2 aliphatic rings. The summed E-state index contributed by atoms with van der Waals surface area (Å²) in [5.74, 6) is 0. The monoisotopic (exact) mass is 552 g/mol. The Bertz CT molecular complexity index is 1170. The number of hydrogen-bond donors (Lipinski definition) is 1. The van der Waals surface area contributed by atoms with E-state index in [0.29, 0.717) is 0 Å². The Morgan fingerprint density at radius 3 is 1.12 bits per heavy atom. The van der Waals surface area contributed by atoms with Gasteiger partial charge in [0.25, 0.3) is 0 Å². The molecule has 222 valence electrons. The Balaban J connectivity index is 0.000000201. The zero-order valence-electron chi connectivity index (χ0n) is 27.3. The molecular weight excluding hydrogens is 496 g/mol. The van der Waals surface area contributed by atoms with E-state index in [9.17, 15) is 0 Å². The highest BCUT2D eigenvalue weighted by molar-refractivity contribution is 5.46. The summed E-state index contributed by atoms with van der Waals surface area (Å²) in [6.45, 7) is 19.7. The van der Waals surface area contributed by atoms with Gasteiger partial charge in [0.1, 0.15) is 0 Å². The molecule has 0 bridgehead atoms. The molecule has 3 aromatic rings. The van der Waals surface area contributed by atoms with Crippen molar-refractivity contribution in [2.45, 2.75) is 135 Å². The highest BCUT2D eigenvalue weighted by Crippen LogP contribution is 2.56. The van der Waals surface area contributed by atoms with Gasteiger partial charge in [-0.3, -0.25) is 10.2 Å². The first-order valence-electron chi connectivity index (χ1n) is 16.7. The summed E-state index contributed by atoms with van der Waals surface area (Å²) in [5.41, 5.74) is 8.32. The molecule has 0 amide bonds. The first-order chi connectivity index (χ1) is 19.9. The van der Waals surface area contributed by atoms with Gasteiger partial charge >= 0.3 is 0 Å². The van der Waals surface area contributed by atoms with Gasteiger partial charge in [-0.1, -0.05) is 134 Å². The van der Waals surface area contributed by atoms with Crippen LogP contribution in [0.5, 0.6) is 0 Å². The molecule has 3 aromatic carbocycles. The SMILES string of the molecule is CCC1(CC)NC(CC)(CC)c2ccccc21.CCC1(CC)c2ccccc2C(CC)(CC)N1Cc1ccccc1. The summed E-state index contributed by atoms with van der Waals surface area (Å²) in [4.78, 5) is 2.83. The molecule has 1 N–H and O–H groups in total. The van der Waals surface area contributed by atoms with Crippen molar-refractivity contribution in [3.05, 3.63) is 107 Å².